The zero-order chi connectivity index (χ0) is 22.2. The van der Waals surface area contributed by atoms with Crippen LogP contribution in [0.4, 0.5) is 0 Å². The van der Waals surface area contributed by atoms with Gasteiger partial charge in [0.05, 0.1) is 12.1 Å². The third-order valence-electron chi connectivity index (χ3n) is 5.13. The quantitative estimate of drug-likeness (QED) is 0.637. The minimum Gasteiger partial charge on any atom is -0.348 e. The van der Waals surface area contributed by atoms with Gasteiger partial charge in [0.25, 0.3) is 21.8 Å². The highest BCUT2D eigenvalue weighted by molar-refractivity contribution is 7.90. The number of rotatable bonds is 6. The van der Waals surface area contributed by atoms with Crippen LogP contribution in [0.25, 0.3) is 0 Å². The van der Waals surface area contributed by atoms with Crippen LogP contribution in [0.3, 0.4) is 0 Å². The number of hydrogen-bond donors (Lipinski definition) is 1. The molecular formula is C22H22N4O4S. The number of aromatic nitrogens is 2. The van der Waals surface area contributed by atoms with Gasteiger partial charge in [-0.15, -0.1) is 0 Å². The van der Waals surface area contributed by atoms with Crippen molar-refractivity contribution in [3.63, 3.8) is 0 Å². The number of carbonyl (C=O) groups is 2. The molecule has 160 valence electrons. The minimum absolute atomic E-state index is 0.0924. The van der Waals surface area contributed by atoms with Gasteiger partial charge in [-0.05, 0) is 49.2 Å². The molecule has 0 saturated heterocycles. The van der Waals surface area contributed by atoms with Gasteiger partial charge in [0.1, 0.15) is 4.90 Å². The molecule has 1 aliphatic rings. The fourth-order valence-corrected chi connectivity index (χ4v) is 5.42. The van der Waals surface area contributed by atoms with Crippen LogP contribution in [0.1, 0.15) is 45.7 Å². The van der Waals surface area contributed by atoms with Crippen LogP contribution in [0, 0.1) is 0 Å². The molecule has 0 unspecified atom stereocenters. The Kier molecular flexibility index (Phi) is 5.36. The maximum absolute atomic E-state index is 12.8. The average molecular weight is 439 g/mol. The summed E-state index contributed by atoms with van der Waals surface area (Å²) in [6.07, 6.45) is 3.57. The van der Waals surface area contributed by atoms with Crippen LogP contribution in [-0.2, 0) is 23.1 Å². The average Bonchev–Trinajstić information content (AvgIpc) is 3.31. The van der Waals surface area contributed by atoms with E-state index < -0.39 is 27.9 Å². The van der Waals surface area contributed by atoms with E-state index >= 15 is 0 Å². The predicted molar refractivity (Wildman–Crippen MR) is 114 cm³/mol. The zero-order valence-electron chi connectivity index (χ0n) is 17.1. The summed E-state index contributed by atoms with van der Waals surface area (Å²) in [5.74, 6) is -0.980. The topological polar surface area (TPSA) is 101 Å². The van der Waals surface area contributed by atoms with Crippen LogP contribution in [0.5, 0.6) is 0 Å². The van der Waals surface area contributed by atoms with E-state index in [-0.39, 0.29) is 22.6 Å². The molecule has 0 fully saturated rings. The third-order valence-corrected chi connectivity index (χ3v) is 7.13. The molecule has 2 aromatic carbocycles. The lowest BCUT2D eigenvalue weighted by Gasteiger charge is -2.18. The van der Waals surface area contributed by atoms with Crippen molar-refractivity contribution in [2.45, 2.75) is 37.9 Å². The Morgan fingerprint density at radius 1 is 1.10 bits per heavy atom. The molecule has 2 amide bonds. The van der Waals surface area contributed by atoms with Crippen molar-refractivity contribution in [3.8, 4) is 0 Å². The first-order valence-corrected chi connectivity index (χ1v) is 11.3. The Morgan fingerprint density at radius 3 is 2.52 bits per heavy atom. The van der Waals surface area contributed by atoms with Gasteiger partial charge < -0.3 is 5.32 Å². The van der Waals surface area contributed by atoms with Gasteiger partial charge in [-0.1, -0.05) is 24.3 Å². The van der Waals surface area contributed by atoms with Crippen molar-refractivity contribution >= 4 is 21.8 Å². The molecule has 1 aromatic heterocycles. The number of carbonyl (C=O) groups excluding carboxylic acids is 2. The second kappa shape index (κ2) is 7.99. The van der Waals surface area contributed by atoms with Gasteiger partial charge in [0, 0.05) is 30.5 Å². The number of nitrogens with zero attached hydrogens (tertiary/aromatic N) is 3. The third kappa shape index (κ3) is 3.84. The molecule has 8 nitrogen and oxygen atoms in total. The van der Waals surface area contributed by atoms with Gasteiger partial charge >= 0.3 is 0 Å². The summed E-state index contributed by atoms with van der Waals surface area (Å²) in [6, 6.07) is 13.2. The van der Waals surface area contributed by atoms with Crippen LogP contribution in [-0.4, -0.2) is 40.4 Å². The lowest BCUT2D eigenvalue weighted by molar-refractivity contribution is 0.0845. The number of sulfonamides is 1. The minimum atomic E-state index is -3.96. The molecule has 0 atom stereocenters. The van der Waals surface area contributed by atoms with Gasteiger partial charge in [0.2, 0.25) is 0 Å². The Hall–Kier alpha value is -3.46. The highest BCUT2D eigenvalue weighted by Crippen LogP contribution is 2.32. The van der Waals surface area contributed by atoms with Crippen molar-refractivity contribution in [3.05, 3.63) is 83.2 Å². The van der Waals surface area contributed by atoms with Crippen molar-refractivity contribution in [2.75, 3.05) is 0 Å². The van der Waals surface area contributed by atoms with E-state index in [9.17, 15) is 18.0 Å². The fraction of sp³-hybridized carbons (Fsp3) is 0.227. The highest BCUT2D eigenvalue weighted by Gasteiger charge is 2.42. The number of hydrogen-bond acceptors (Lipinski definition) is 5. The second-order valence-electron chi connectivity index (χ2n) is 7.57. The van der Waals surface area contributed by atoms with Crippen molar-refractivity contribution in [1.82, 2.24) is 19.4 Å². The first kappa shape index (κ1) is 20.8. The SMILES string of the molecule is CC(C)N1C(=O)c2ccc(C(=O)NCc3ccccc3Cn3cccn3)cc2S1(=O)=O. The van der Waals surface area contributed by atoms with Crippen LogP contribution >= 0.6 is 0 Å². The predicted octanol–water partition coefficient (Wildman–Crippen LogP) is 2.41. The first-order valence-electron chi connectivity index (χ1n) is 9.84. The molecule has 31 heavy (non-hydrogen) atoms. The second-order valence-corrected chi connectivity index (χ2v) is 9.35. The van der Waals surface area contributed by atoms with Gasteiger partial charge in [-0.2, -0.15) is 5.10 Å². The van der Waals surface area contributed by atoms with Crippen LogP contribution < -0.4 is 5.32 Å². The Balaban J connectivity index is 1.53. The summed E-state index contributed by atoms with van der Waals surface area (Å²) in [5, 5.41) is 7.04. The van der Waals surface area contributed by atoms with E-state index in [4.69, 9.17) is 0 Å². The van der Waals surface area contributed by atoms with Crippen LogP contribution in [0.15, 0.2) is 65.8 Å². The van der Waals surface area contributed by atoms with E-state index in [0.717, 1.165) is 15.4 Å². The largest absolute Gasteiger partial charge is 0.348 e. The fourth-order valence-electron chi connectivity index (χ4n) is 3.63. The Morgan fingerprint density at radius 2 is 1.84 bits per heavy atom. The van der Waals surface area contributed by atoms with E-state index in [1.165, 1.54) is 18.2 Å². The molecule has 3 aromatic rings. The molecule has 4 rings (SSSR count). The summed E-state index contributed by atoms with van der Waals surface area (Å²) >= 11 is 0. The standard InChI is InChI=1S/C22H22N4O4S/c1-15(2)26-22(28)19-9-8-16(12-20(19)31(26,29)30)21(27)23-13-17-6-3-4-7-18(17)14-25-11-5-10-24-25/h3-12,15H,13-14H2,1-2H3,(H,23,27). The van der Waals surface area contributed by atoms with Gasteiger partial charge in [-0.3, -0.25) is 14.3 Å². The number of nitrogens with one attached hydrogen (secondary N) is 1. The number of benzene rings is 2. The summed E-state index contributed by atoms with van der Waals surface area (Å²) in [6.45, 7) is 4.12. The molecule has 0 radical (unpaired) electrons. The summed E-state index contributed by atoms with van der Waals surface area (Å²) in [4.78, 5) is 25.1. The Labute approximate surface area is 180 Å². The van der Waals surface area contributed by atoms with E-state index in [1.807, 2.05) is 36.5 Å². The molecule has 1 aliphatic heterocycles. The molecule has 0 aliphatic carbocycles. The smallest absolute Gasteiger partial charge is 0.269 e. The molecule has 0 spiro atoms. The first-order chi connectivity index (χ1) is 14.8. The van der Waals surface area contributed by atoms with Crippen molar-refractivity contribution in [2.24, 2.45) is 0 Å². The Bertz CT molecular complexity index is 1250. The zero-order valence-corrected chi connectivity index (χ0v) is 18.0. The maximum atomic E-state index is 12.8. The lowest BCUT2D eigenvalue weighted by atomic mass is 10.1. The summed E-state index contributed by atoms with van der Waals surface area (Å²) in [7, 11) is -3.96. The van der Waals surface area contributed by atoms with E-state index in [2.05, 4.69) is 10.4 Å². The molecular weight excluding hydrogens is 416 g/mol. The summed E-state index contributed by atoms with van der Waals surface area (Å²) in [5.41, 5.74) is 2.22. The summed E-state index contributed by atoms with van der Waals surface area (Å²) < 4.78 is 28.2. The van der Waals surface area contributed by atoms with Gasteiger partial charge in [0.15, 0.2) is 0 Å². The maximum Gasteiger partial charge on any atom is 0.269 e. The number of fused-ring (bicyclic) bond motifs is 1. The van der Waals surface area contributed by atoms with Crippen LogP contribution in [0.2, 0.25) is 0 Å². The molecule has 9 heteroatoms. The monoisotopic (exact) mass is 438 g/mol. The molecule has 2 heterocycles. The molecule has 0 saturated carbocycles. The van der Waals surface area contributed by atoms with Gasteiger partial charge in [-0.25, -0.2) is 12.7 Å². The highest BCUT2D eigenvalue weighted by atomic mass is 32.2. The molecule has 0 bridgehead atoms. The van der Waals surface area contributed by atoms with E-state index in [0.29, 0.717) is 6.54 Å². The normalized spacial score (nSPS) is 14.7. The van der Waals surface area contributed by atoms with Crippen molar-refractivity contribution < 1.29 is 18.0 Å². The number of amides is 2. The van der Waals surface area contributed by atoms with Crippen molar-refractivity contribution in [1.29, 1.82) is 0 Å². The van der Waals surface area contributed by atoms with E-state index in [1.54, 1.807) is 24.7 Å². The molecule has 1 N–H and O–H groups in total. The lowest BCUT2D eigenvalue weighted by Crippen LogP contribution is -2.36.